The van der Waals surface area contributed by atoms with Crippen LogP contribution >= 0.6 is 11.3 Å². The number of amides is 1. The molecule has 0 aliphatic rings. The van der Waals surface area contributed by atoms with Crippen LogP contribution in [0.25, 0.3) is 10.6 Å². The molecule has 0 bridgehead atoms. The lowest BCUT2D eigenvalue weighted by molar-refractivity contribution is -0.141. The van der Waals surface area contributed by atoms with E-state index in [1.165, 1.54) is 0 Å². The Bertz CT molecular complexity index is 672. The molecule has 0 saturated heterocycles. The van der Waals surface area contributed by atoms with Crippen molar-refractivity contribution in [2.45, 2.75) is 19.5 Å². The molecule has 1 aromatic heterocycles. The van der Waals surface area contributed by atoms with E-state index >= 15 is 0 Å². The molecule has 1 N–H and O–H groups in total. The first-order chi connectivity index (χ1) is 11.4. The third kappa shape index (κ3) is 4.78. The predicted molar refractivity (Wildman–Crippen MR) is 86.0 cm³/mol. The Morgan fingerprint density at radius 1 is 1.29 bits per heavy atom. The maximum Gasteiger partial charge on any atom is 0.435 e. The van der Waals surface area contributed by atoms with E-state index in [1.54, 1.807) is 30.3 Å². The highest BCUT2D eigenvalue weighted by atomic mass is 32.1. The normalized spacial score (nSPS) is 11.5. The zero-order valence-electron chi connectivity index (χ0n) is 13.0. The number of carbonyl (C=O) groups is 1. The van der Waals surface area contributed by atoms with E-state index in [0.29, 0.717) is 25.2 Å². The molecule has 1 heterocycles. The van der Waals surface area contributed by atoms with Gasteiger partial charge in [0.1, 0.15) is 9.88 Å². The summed E-state index contributed by atoms with van der Waals surface area (Å²) in [4.78, 5) is 15.3. The van der Waals surface area contributed by atoms with Crippen molar-refractivity contribution in [2.75, 3.05) is 19.8 Å². The predicted octanol–water partition coefficient (Wildman–Crippen LogP) is 3.99. The quantitative estimate of drug-likeness (QED) is 0.762. The summed E-state index contributed by atoms with van der Waals surface area (Å²) in [6.45, 7) is 3.09. The summed E-state index contributed by atoms with van der Waals surface area (Å²) < 4.78 is 44.6. The van der Waals surface area contributed by atoms with Gasteiger partial charge in [0, 0.05) is 25.3 Å². The van der Waals surface area contributed by atoms with Crippen LogP contribution in [0.4, 0.5) is 13.2 Å². The number of alkyl halides is 3. The number of nitrogens with one attached hydrogen (secondary N) is 1. The van der Waals surface area contributed by atoms with Gasteiger partial charge in [0.05, 0.1) is 0 Å². The summed E-state index contributed by atoms with van der Waals surface area (Å²) in [6.07, 6.45) is -4.15. The van der Waals surface area contributed by atoms with Gasteiger partial charge in [-0.1, -0.05) is 30.3 Å². The van der Waals surface area contributed by atoms with Crippen molar-refractivity contribution >= 4 is 17.2 Å². The number of thiazole rings is 1. The van der Waals surface area contributed by atoms with E-state index in [9.17, 15) is 18.0 Å². The fraction of sp³-hybridized carbons (Fsp3) is 0.375. The molecule has 8 heteroatoms. The first-order valence-corrected chi connectivity index (χ1v) is 8.24. The average molecular weight is 358 g/mol. The Hall–Kier alpha value is -1.93. The molecule has 0 aliphatic heterocycles. The summed E-state index contributed by atoms with van der Waals surface area (Å²) in [6, 6.07) is 8.48. The number of benzene rings is 1. The Morgan fingerprint density at radius 2 is 2.00 bits per heavy atom. The lowest BCUT2D eigenvalue weighted by Crippen LogP contribution is -2.26. The van der Waals surface area contributed by atoms with Crippen molar-refractivity contribution in [3.05, 3.63) is 40.9 Å². The average Bonchev–Trinajstić information content (AvgIpc) is 3.01. The van der Waals surface area contributed by atoms with Crippen molar-refractivity contribution in [3.63, 3.8) is 0 Å². The molecule has 24 heavy (non-hydrogen) atoms. The van der Waals surface area contributed by atoms with E-state index < -0.39 is 22.7 Å². The number of nitrogens with zero attached hydrogens (tertiary/aromatic N) is 1. The Labute approximate surface area is 141 Å². The van der Waals surface area contributed by atoms with E-state index in [2.05, 4.69) is 10.3 Å². The second-order valence-electron chi connectivity index (χ2n) is 4.87. The smallest absolute Gasteiger partial charge is 0.382 e. The van der Waals surface area contributed by atoms with E-state index in [1.807, 2.05) is 6.92 Å². The molecular formula is C16H17F3N2O2S. The van der Waals surface area contributed by atoms with Crippen molar-refractivity contribution in [1.82, 2.24) is 10.3 Å². The number of hydrogen-bond acceptors (Lipinski definition) is 4. The molecule has 1 amide bonds. The van der Waals surface area contributed by atoms with Crippen LogP contribution in [-0.2, 0) is 10.9 Å². The van der Waals surface area contributed by atoms with Crippen molar-refractivity contribution < 1.29 is 22.7 Å². The van der Waals surface area contributed by atoms with Gasteiger partial charge < -0.3 is 10.1 Å². The molecular weight excluding hydrogens is 341 g/mol. The molecule has 0 fully saturated rings. The summed E-state index contributed by atoms with van der Waals surface area (Å²) in [5.41, 5.74) is -0.600. The lowest BCUT2D eigenvalue weighted by atomic mass is 10.2. The topological polar surface area (TPSA) is 51.2 Å². The molecule has 4 nitrogen and oxygen atoms in total. The standard InChI is InChI=1S/C16H17F3N2O2S/c1-2-23-10-6-9-20-14(22)12-13(16(17,18)19)21-15(24-12)11-7-4-3-5-8-11/h3-5,7-8H,2,6,9-10H2,1H3,(H,20,22). The van der Waals surface area contributed by atoms with Crippen LogP contribution in [0.5, 0.6) is 0 Å². The SMILES string of the molecule is CCOCCCNC(=O)c1sc(-c2ccccc2)nc1C(F)(F)F. The molecule has 130 valence electrons. The van der Waals surface area contributed by atoms with Gasteiger partial charge in [0.25, 0.3) is 5.91 Å². The molecule has 0 atom stereocenters. The molecule has 0 spiro atoms. The third-order valence-corrected chi connectivity index (χ3v) is 4.18. The third-order valence-electron chi connectivity index (χ3n) is 3.08. The fourth-order valence-electron chi connectivity index (χ4n) is 1.97. The van der Waals surface area contributed by atoms with Gasteiger partial charge in [-0.2, -0.15) is 13.2 Å². The highest BCUT2D eigenvalue weighted by Gasteiger charge is 2.39. The van der Waals surface area contributed by atoms with Crippen molar-refractivity contribution in [3.8, 4) is 10.6 Å². The second kappa shape index (κ2) is 8.25. The number of halogens is 3. The second-order valence-corrected chi connectivity index (χ2v) is 5.87. The van der Waals surface area contributed by atoms with Crippen molar-refractivity contribution in [2.24, 2.45) is 0 Å². The Kier molecular flexibility index (Phi) is 6.33. The van der Waals surface area contributed by atoms with Crippen LogP contribution in [0.2, 0.25) is 0 Å². The Morgan fingerprint density at radius 3 is 2.62 bits per heavy atom. The first kappa shape index (κ1) is 18.4. The highest BCUT2D eigenvalue weighted by molar-refractivity contribution is 7.17. The van der Waals surface area contributed by atoms with Gasteiger partial charge in [-0.3, -0.25) is 4.79 Å². The maximum atomic E-state index is 13.2. The largest absolute Gasteiger partial charge is 0.435 e. The summed E-state index contributed by atoms with van der Waals surface area (Å²) in [5, 5.41) is 2.66. The van der Waals surface area contributed by atoms with Crippen LogP contribution in [0.1, 0.15) is 28.7 Å². The minimum absolute atomic E-state index is 0.169. The Balaban J connectivity index is 2.18. The van der Waals surface area contributed by atoms with Gasteiger partial charge in [0.2, 0.25) is 0 Å². The number of carbonyl (C=O) groups excluding carboxylic acids is 1. The molecule has 0 radical (unpaired) electrons. The van der Waals surface area contributed by atoms with E-state index in [-0.39, 0.29) is 11.6 Å². The van der Waals surface area contributed by atoms with Gasteiger partial charge in [-0.25, -0.2) is 4.98 Å². The summed E-state index contributed by atoms with van der Waals surface area (Å²) in [5.74, 6) is -0.765. The molecule has 1 aromatic carbocycles. The van der Waals surface area contributed by atoms with E-state index in [0.717, 1.165) is 11.3 Å². The zero-order valence-corrected chi connectivity index (χ0v) is 13.8. The van der Waals surface area contributed by atoms with Gasteiger partial charge >= 0.3 is 6.18 Å². The van der Waals surface area contributed by atoms with Crippen LogP contribution in [0, 0.1) is 0 Å². The molecule has 2 rings (SSSR count). The van der Waals surface area contributed by atoms with Crippen LogP contribution in [-0.4, -0.2) is 30.6 Å². The van der Waals surface area contributed by atoms with Gasteiger partial charge in [-0.15, -0.1) is 11.3 Å². The summed E-state index contributed by atoms with van der Waals surface area (Å²) >= 11 is 0.741. The lowest BCUT2D eigenvalue weighted by Gasteiger charge is -2.07. The van der Waals surface area contributed by atoms with Gasteiger partial charge in [0.15, 0.2) is 5.69 Å². The number of ether oxygens (including phenoxy) is 1. The maximum absolute atomic E-state index is 13.2. The van der Waals surface area contributed by atoms with Gasteiger partial charge in [-0.05, 0) is 13.3 Å². The van der Waals surface area contributed by atoms with Crippen molar-refractivity contribution in [1.29, 1.82) is 0 Å². The molecule has 0 unspecified atom stereocenters. The number of rotatable bonds is 7. The minimum Gasteiger partial charge on any atom is -0.382 e. The molecule has 2 aromatic rings. The van der Waals surface area contributed by atoms with Crippen LogP contribution in [0.15, 0.2) is 30.3 Å². The molecule has 0 saturated carbocycles. The van der Waals surface area contributed by atoms with E-state index in [4.69, 9.17) is 4.74 Å². The monoisotopic (exact) mass is 358 g/mol. The zero-order chi connectivity index (χ0) is 17.6. The minimum atomic E-state index is -4.68. The van der Waals surface area contributed by atoms with Crippen LogP contribution in [0.3, 0.4) is 0 Å². The summed E-state index contributed by atoms with van der Waals surface area (Å²) in [7, 11) is 0. The fourth-order valence-corrected chi connectivity index (χ4v) is 2.98. The molecule has 0 aliphatic carbocycles. The number of aromatic nitrogens is 1. The number of hydrogen-bond donors (Lipinski definition) is 1. The highest BCUT2D eigenvalue weighted by Crippen LogP contribution is 2.37. The first-order valence-electron chi connectivity index (χ1n) is 7.43. The van der Waals surface area contributed by atoms with Crippen LogP contribution < -0.4 is 5.32 Å².